The van der Waals surface area contributed by atoms with Crippen LogP contribution in [0.1, 0.15) is 65.6 Å². The molecule has 0 fully saturated rings. The van der Waals surface area contributed by atoms with Gasteiger partial charge >= 0.3 is 0 Å². The fourth-order valence-electron chi connectivity index (χ4n) is 1.85. The third-order valence-electron chi connectivity index (χ3n) is 3.62. The van der Waals surface area contributed by atoms with Crippen LogP contribution in [0.15, 0.2) is 12.3 Å². The second-order valence-electron chi connectivity index (χ2n) is 6.32. The van der Waals surface area contributed by atoms with Gasteiger partial charge in [-0.3, -0.25) is 4.68 Å². The molecule has 0 spiro atoms. The predicted octanol–water partition coefficient (Wildman–Crippen LogP) is 3.58. The Kier molecular flexibility index (Phi) is 5.39. The van der Waals surface area contributed by atoms with Crippen molar-refractivity contribution in [2.45, 2.75) is 72.4 Å². The molecule has 0 aliphatic rings. The Bertz CT molecular complexity index is 352. The fraction of sp³-hybridized carbons (Fsp3) is 0.800. The second kappa shape index (κ2) is 6.37. The number of aliphatic hydroxyl groups excluding tert-OH is 1. The highest BCUT2D eigenvalue weighted by Gasteiger charge is 2.21. The largest absolute Gasteiger partial charge is 0.393 e. The number of aryl methyl sites for hydroxylation is 1. The highest BCUT2D eigenvalue weighted by Crippen LogP contribution is 2.23. The lowest BCUT2D eigenvalue weighted by Gasteiger charge is -2.25. The van der Waals surface area contributed by atoms with Crippen LogP contribution in [0.25, 0.3) is 0 Å². The zero-order chi connectivity index (χ0) is 13.8. The zero-order valence-electron chi connectivity index (χ0n) is 12.5. The lowest BCUT2D eigenvalue weighted by atomic mass is 9.86. The van der Waals surface area contributed by atoms with Crippen LogP contribution < -0.4 is 0 Å². The first-order chi connectivity index (χ1) is 8.34. The molecule has 0 saturated heterocycles. The summed E-state index contributed by atoms with van der Waals surface area (Å²) in [5, 5.41) is 14.5. The molecule has 0 amide bonds. The number of aromatic nitrogens is 2. The smallest absolute Gasteiger partial charge is 0.0624 e. The molecular weight excluding hydrogens is 224 g/mol. The summed E-state index contributed by atoms with van der Waals surface area (Å²) in [6.07, 6.45) is 5.73. The monoisotopic (exact) mass is 252 g/mol. The summed E-state index contributed by atoms with van der Waals surface area (Å²) in [6.45, 7) is 10.6. The summed E-state index contributed by atoms with van der Waals surface area (Å²) in [5.41, 5.74) is 1.12. The number of aliphatic hydroxyl groups is 1. The Morgan fingerprint density at radius 2 is 2.06 bits per heavy atom. The third kappa shape index (κ3) is 4.45. The minimum atomic E-state index is -0.228. The van der Waals surface area contributed by atoms with Gasteiger partial charge in [0.2, 0.25) is 0 Å². The molecule has 104 valence electrons. The molecule has 2 atom stereocenters. The molecule has 0 bridgehead atoms. The molecule has 1 heterocycles. The van der Waals surface area contributed by atoms with Crippen molar-refractivity contribution in [3.05, 3.63) is 18.0 Å². The Labute approximate surface area is 111 Å². The third-order valence-corrected chi connectivity index (χ3v) is 3.62. The van der Waals surface area contributed by atoms with Crippen LogP contribution in [0.2, 0.25) is 0 Å². The average Bonchev–Trinajstić information content (AvgIpc) is 2.75. The van der Waals surface area contributed by atoms with Crippen molar-refractivity contribution in [2.24, 2.45) is 5.41 Å². The summed E-state index contributed by atoms with van der Waals surface area (Å²) in [4.78, 5) is 0. The van der Waals surface area contributed by atoms with Gasteiger partial charge in [-0.2, -0.15) is 5.10 Å². The Hall–Kier alpha value is -0.830. The molecule has 18 heavy (non-hydrogen) atoms. The van der Waals surface area contributed by atoms with E-state index >= 15 is 0 Å². The minimum absolute atomic E-state index is 0.0178. The van der Waals surface area contributed by atoms with Gasteiger partial charge in [0.15, 0.2) is 0 Å². The summed E-state index contributed by atoms with van der Waals surface area (Å²) < 4.78 is 2.04. The highest BCUT2D eigenvalue weighted by molar-refractivity contribution is 4.99. The summed E-state index contributed by atoms with van der Waals surface area (Å²) >= 11 is 0. The average molecular weight is 252 g/mol. The van der Waals surface area contributed by atoms with Crippen molar-refractivity contribution < 1.29 is 5.11 Å². The van der Waals surface area contributed by atoms with E-state index in [1.807, 2.05) is 4.68 Å². The number of hydrogen-bond donors (Lipinski definition) is 1. The topological polar surface area (TPSA) is 38.0 Å². The molecular formula is C15H28N2O. The molecule has 3 nitrogen and oxygen atoms in total. The van der Waals surface area contributed by atoms with E-state index in [-0.39, 0.29) is 11.5 Å². The number of rotatable bonds is 6. The summed E-state index contributed by atoms with van der Waals surface area (Å²) in [7, 11) is 0. The van der Waals surface area contributed by atoms with E-state index in [4.69, 9.17) is 0 Å². The predicted molar refractivity (Wildman–Crippen MR) is 75.6 cm³/mol. The van der Waals surface area contributed by atoms with Crippen LogP contribution >= 0.6 is 0 Å². The maximum Gasteiger partial charge on any atom is 0.0624 e. The normalized spacial score (nSPS) is 15.7. The van der Waals surface area contributed by atoms with E-state index in [1.165, 1.54) is 0 Å². The summed E-state index contributed by atoms with van der Waals surface area (Å²) in [6, 6.07) is 2.56. The van der Waals surface area contributed by atoms with Crippen LogP contribution in [0.4, 0.5) is 0 Å². The molecule has 1 rings (SSSR count). The molecule has 0 aromatic carbocycles. The molecule has 0 aliphatic heterocycles. The lowest BCUT2D eigenvalue weighted by Crippen LogP contribution is -2.25. The van der Waals surface area contributed by atoms with Crippen LogP contribution in [0.5, 0.6) is 0 Å². The number of hydrogen-bond acceptors (Lipinski definition) is 2. The van der Waals surface area contributed by atoms with Gasteiger partial charge in [0.05, 0.1) is 11.8 Å². The molecule has 3 heteroatoms. The molecule has 0 aliphatic carbocycles. The molecule has 0 radical (unpaired) electrons. The minimum Gasteiger partial charge on any atom is -0.393 e. The molecule has 1 aromatic rings. The first-order valence-electron chi connectivity index (χ1n) is 7.06. The van der Waals surface area contributed by atoms with Gasteiger partial charge in [0, 0.05) is 12.2 Å². The van der Waals surface area contributed by atoms with E-state index in [2.05, 4.69) is 52.0 Å². The van der Waals surface area contributed by atoms with Crippen LogP contribution in [-0.4, -0.2) is 21.0 Å². The lowest BCUT2D eigenvalue weighted by molar-refractivity contribution is 0.0540. The van der Waals surface area contributed by atoms with E-state index in [9.17, 15) is 5.11 Å². The second-order valence-corrected chi connectivity index (χ2v) is 6.32. The Morgan fingerprint density at radius 1 is 1.39 bits per heavy atom. The highest BCUT2D eigenvalue weighted by atomic mass is 16.3. The van der Waals surface area contributed by atoms with E-state index < -0.39 is 0 Å². The van der Waals surface area contributed by atoms with Crippen molar-refractivity contribution in [3.63, 3.8) is 0 Å². The van der Waals surface area contributed by atoms with Crippen molar-refractivity contribution >= 4 is 0 Å². The quantitative estimate of drug-likeness (QED) is 0.840. The Balaban J connectivity index is 2.38. The van der Waals surface area contributed by atoms with Crippen LogP contribution in [-0.2, 0) is 6.42 Å². The maximum atomic E-state index is 9.97. The fourth-order valence-corrected chi connectivity index (χ4v) is 1.85. The molecule has 0 saturated carbocycles. The van der Waals surface area contributed by atoms with Crippen molar-refractivity contribution in [3.8, 4) is 0 Å². The van der Waals surface area contributed by atoms with Crippen molar-refractivity contribution in [1.82, 2.24) is 9.78 Å². The number of nitrogens with zero attached hydrogens (tertiary/aromatic N) is 2. The van der Waals surface area contributed by atoms with E-state index in [0.29, 0.717) is 6.04 Å². The first kappa shape index (κ1) is 15.2. The van der Waals surface area contributed by atoms with Gasteiger partial charge in [0.1, 0.15) is 0 Å². The molecule has 1 aromatic heterocycles. The maximum absolute atomic E-state index is 9.97. The van der Waals surface area contributed by atoms with Gasteiger partial charge in [-0.05, 0) is 44.1 Å². The summed E-state index contributed by atoms with van der Waals surface area (Å²) in [5.74, 6) is 0. The van der Waals surface area contributed by atoms with Crippen LogP contribution in [0.3, 0.4) is 0 Å². The van der Waals surface area contributed by atoms with E-state index in [1.54, 1.807) is 0 Å². The van der Waals surface area contributed by atoms with Gasteiger partial charge in [0.25, 0.3) is 0 Å². The van der Waals surface area contributed by atoms with Crippen molar-refractivity contribution in [2.75, 3.05) is 0 Å². The first-order valence-corrected chi connectivity index (χ1v) is 7.06. The molecule has 2 unspecified atom stereocenters. The van der Waals surface area contributed by atoms with Gasteiger partial charge in [-0.15, -0.1) is 0 Å². The zero-order valence-corrected chi connectivity index (χ0v) is 12.5. The standard InChI is InChI=1S/C15H28N2O/c1-6-12(2)17-11-10-13(16-17)8-7-9-14(18)15(3,4)5/h10-12,14,18H,6-9H2,1-5H3. The Morgan fingerprint density at radius 3 is 2.61 bits per heavy atom. The van der Waals surface area contributed by atoms with E-state index in [0.717, 1.165) is 31.4 Å². The van der Waals surface area contributed by atoms with Crippen molar-refractivity contribution in [1.29, 1.82) is 0 Å². The van der Waals surface area contributed by atoms with Gasteiger partial charge in [-0.25, -0.2) is 0 Å². The van der Waals surface area contributed by atoms with Gasteiger partial charge < -0.3 is 5.11 Å². The SMILES string of the molecule is CCC(C)n1ccc(CCCC(O)C(C)(C)C)n1. The van der Waals surface area contributed by atoms with Gasteiger partial charge in [-0.1, -0.05) is 27.7 Å². The molecule has 1 N–H and O–H groups in total. The van der Waals surface area contributed by atoms with Crippen LogP contribution in [0, 0.1) is 5.41 Å².